The van der Waals surface area contributed by atoms with Crippen LogP contribution in [-0.2, 0) is 11.4 Å². The Labute approximate surface area is 191 Å². The van der Waals surface area contributed by atoms with Gasteiger partial charge >= 0.3 is 0 Å². The van der Waals surface area contributed by atoms with Crippen LogP contribution in [0.5, 0.6) is 11.5 Å². The van der Waals surface area contributed by atoms with Gasteiger partial charge in [-0.2, -0.15) is 5.10 Å². The Hall–Kier alpha value is -3.02. The van der Waals surface area contributed by atoms with E-state index >= 15 is 0 Å². The third kappa shape index (κ3) is 7.96. The number of carbonyl (C=O) groups excluding carboxylic acids is 1. The number of hydrazone groups is 1. The maximum atomic E-state index is 11.9. The topological polar surface area (TPSA) is 59.9 Å². The summed E-state index contributed by atoms with van der Waals surface area (Å²) in [6, 6.07) is 22.5. The van der Waals surface area contributed by atoms with E-state index in [0.717, 1.165) is 16.9 Å². The predicted octanol–water partition coefficient (Wildman–Crippen LogP) is 5.88. The van der Waals surface area contributed by atoms with Crippen molar-refractivity contribution in [1.29, 1.82) is 0 Å². The van der Waals surface area contributed by atoms with Gasteiger partial charge in [0.05, 0.1) is 17.8 Å². The van der Waals surface area contributed by atoms with Crippen molar-refractivity contribution in [3.8, 4) is 11.5 Å². The molecule has 1 amide bonds. The van der Waals surface area contributed by atoms with Crippen LogP contribution in [0.15, 0.2) is 77.9 Å². The minimum absolute atomic E-state index is 0.190. The first-order valence-electron chi connectivity index (χ1n) is 9.77. The smallest absolute Gasteiger partial charge is 0.240 e. The molecule has 31 heavy (non-hydrogen) atoms. The minimum Gasteiger partial charge on any atom is -0.492 e. The van der Waals surface area contributed by atoms with Gasteiger partial charge in [0.2, 0.25) is 5.91 Å². The number of ether oxygens (including phenoxy) is 2. The lowest BCUT2D eigenvalue weighted by molar-refractivity contribution is -0.121. The largest absolute Gasteiger partial charge is 0.492 e. The Bertz CT molecular complexity index is 1010. The second-order valence-electron chi connectivity index (χ2n) is 6.66. The van der Waals surface area contributed by atoms with Crippen LogP contribution in [0.3, 0.4) is 0 Å². The van der Waals surface area contributed by atoms with Crippen molar-refractivity contribution in [3.63, 3.8) is 0 Å². The highest BCUT2D eigenvalue weighted by atomic mass is 35.5. The van der Waals surface area contributed by atoms with Crippen LogP contribution in [0.2, 0.25) is 10.0 Å². The van der Waals surface area contributed by atoms with Crippen LogP contribution in [0.1, 0.15) is 24.0 Å². The van der Waals surface area contributed by atoms with Crippen molar-refractivity contribution in [2.45, 2.75) is 19.4 Å². The van der Waals surface area contributed by atoms with Gasteiger partial charge in [-0.15, -0.1) is 0 Å². The van der Waals surface area contributed by atoms with E-state index < -0.39 is 0 Å². The van der Waals surface area contributed by atoms with Gasteiger partial charge < -0.3 is 9.47 Å². The number of carbonyl (C=O) groups is 1. The van der Waals surface area contributed by atoms with Crippen LogP contribution in [0.25, 0.3) is 0 Å². The average Bonchev–Trinajstić information content (AvgIpc) is 2.78. The van der Waals surface area contributed by atoms with Crippen LogP contribution < -0.4 is 14.9 Å². The molecule has 3 aromatic carbocycles. The summed E-state index contributed by atoms with van der Waals surface area (Å²) in [5.41, 5.74) is 4.47. The molecule has 0 saturated heterocycles. The number of rotatable bonds is 10. The molecule has 0 aliphatic rings. The van der Waals surface area contributed by atoms with E-state index in [1.54, 1.807) is 24.4 Å². The van der Waals surface area contributed by atoms with Crippen LogP contribution in [0, 0.1) is 0 Å². The van der Waals surface area contributed by atoms with Gasteiger partial charge in [0, 0.05) is 11.4 Å². The van der Waals surface area contributed by atoms with E-state index in [9.17, 15) is 4.79 Å². The number of hydrogen-bond acceptors (Lipinski definition) is 4. The van der Waals surface area contributed by atoms with Crippen molar-refractivity contribution in [2.75, 3.05) is 6.61 Å². The molecule has 0 spiro atoms. The van der Waals surface area contributed by atoms with E-state index in [1.165, 1.54) is 0 Å². The van der Waals surface area contributed by atoms with E-state index in [-0.39, 0.29) is 12.3 Å². The number of hydrogen-bond donors (Lipinski definition) is 1. The quantitative estimate of drug-likeness (QED) is 0.235. The highest BCUT2D eigenvalue weighted by Gasteiger charge is 2.04. The molecule has 0 heterocycles. The Morgan fingerprint density at radius 2 is 1.74 bits per heavy atom. The molecular weight excluding hydrogens is 435 g/mol. The first kappa shape index (κ1) is 22.7. The molecule has 0 bridgehead atoms. The van der Waals surface area contributed by atoms with Gasteiger partial charge in [0.25, 0.3) is 0 Å². The SMILES string of the molecule is O=C(CCCOc1ccc(Cl)cc1Cl)N/N=C/c1ccc(OCc2ccccc2)cc1. The molecule has 0 radical (unpaired) electrons. The fourth-order valence-corrected chi connectivity index (χ4v) is 3.10. The summed E-state index contributed by atoms with van der Waals surface area (Å²) in [6.45, 7) is 0.876. The third-order valence-electron chi connectivity index (χ3n) is 4.23. The van der Waals surface area contributed by atoms with Crippen molar-refractivity contribution >= 4 is 35.3 Å². The second-order valence-corrected chi connectivity index (χ2v) is 7.51. The molecule has 0 aromatic heterocycles. The van der Waals surface area contributed by atoms with Crippen molar-refractivity contribution in [1.82, 2.24) is 5.43 Å². The van der Waals surface area contributed by atoms with Gasteiger partial charge in [-0.3, -0.25) is 4.79 Å². The number of nitrogens with one attached hydrogen (secondary N) is 1. The summed E-state index contributed by atoms with van der Waals surface area (Å²) < 4.78 is 11.3. The molecule has 5 nitrogen and oxygen atoms in total. The lowest BCUT2D eigenvalue weighted by Gasteiger charge is -2.07. The fraction of sp³-hybridized carbons (Fsp3) is 0.167. The fourth-order valence-electron chi connectivity index (χ4n) is 2.63. The molecule has 1 N–H and O–H groups in total. The summed E-state index contributed by atoms with van der Waals surface area (Å²) in [6.07, 6.45) is 2.41. The summed E-state index contributed by atoms with van der Waals surface area (Å²) >= 11 is 11.9. The Balaban J connectivity index is 1.34. The van der Waals surface area contributed by atoms with Crippen molar-refractivity contribution in [2.24, 2.45) is 5.10 Å². The Kier molecular flexibility index (Phi) is 8.76. The molecule has 3 aromatic rings. The van der Waals surface area contributed by atoms with Crippen LogP contribution >= 0.6 is 23.2 Å². The van der Waals surface area contributed by atoms with E-state index in [2.05, 4.69) is 10.5 Å². The van der Waals surface area contributed by atoms with Crippen molar-refractivity contribution < 1.29 is 14.3 Å². The summed E-state index contributed by atoms with van der Waals surface area (Å²) in [5.74, 6) is 1.12. The first-order valence-corrected chi connectivity index (χ1v) is 10.5. The molecule has 0 aliphatic carbocycles. The third-order valence-corrected chi connectivity index (χ3v) is 4.76. The van der Waals surface area contributed by atoms with Gasteiger partial charge in [0.15, 0.2) is 0 Å². The number of amides is 1. The highest BCUT2D eigenvalue weighted by Crippen LogP contribution is 2.27. The van der Waals surface area contributed by atoms with Crippen LogP contribution in [-0.4, -0.2) is 18.7 Å². The average molecular weight is 457 g/mol. The van der Waals surface area contributed by atoms with E-state index in [4.69, 9.17) is 32.7 Å². The molecule has 0 unspecified atom stereocenters. The molecule has 7 heteroatoms. The number of nitrogens with zero attached hydrogens (tertiary/aromatic N) is 1. The zero-order valence-corrected chi connectivity index (χ0v) is 18.3. The van der Waals surface area contributed by atoms with Gasteiger partial charge in [-0.25, -0.2) is 5.43 Å². The molecule has 160 valence electrons. The molecular formula is C24H22Cl2N2O3. The van der Waals surface area contributed by atoms with E-state index in [1.807, 2.05) is 54.6 Å². The first-order chi connectivity index (χ1) is 15.1. The standard InChI is InChI=1S/C24H22Cl2N2O3/c25-20-10-13-23(22(26)15-20)30-14-4-7-24(29)28-27-16-18-8-11-21(12-9-18)31-17-19-5-2-1-3-6-19/h1-3,5-6,8-13,15-16H,4,7,14,17H2,(H,28,29)/b27-16+. The summed E-state index contributed by atoms with van der Waals surface area (Å²) in [7, 11) is 0. The van der Waals surface area contributed by atoms with Gasteiger partial charge in [0.1, 0.15) is 18.1 Å². The predicted molar refractivity (Wildman–Crippen MR) is 124 cm³/mol. The maximum absolute atomic E-state index is 11.9. The summed E-state index contributed by atoms with van der Waals surface area (Å²) in [4.78, 5) is 11.9. The monoisotopic (exact) mass is 456 g/mol. The number of benzene rings is 3. The lowest BCUT2D eigenvalue weighted by atomic mass is 10.2. The zero-order valence-electron chi connectivity index (χ0n) is 16.8. The molecule has 3 rings (SSSR count). The highest BCUT2D eigenvalue weighted by molar-refractivity contribution is 6.35. The molecule has 0 atom stereocenters. The summed E-state index contributed by atoms with van der Waals surface area (Å²) in [5, 5.41) is 4.97. The van der Waals surface area contributed by atoms with Gasteiger partial charge in [-0.05, 0) is 60.0 Å². The molecule has 0 aliphatic heterocycles. The Morgan fingerprint density at radius 3 is 2.48 bits per heavy atom. The van der Waals surface area contributed by atoms with Gasteiger partial charge in [-0.1, -0.05) is 53.5 Å². The second kappa shape index (κ2) is 12.0. The Morgan fingerprint density at radius 1 is 0.968 bits per heavy atom. The normalized spacial score (nSPS) is 10.8. The maximum Gasteiger partial charge on any atom is 0.240 e. The van der Waals surface area contributed by atoms with Crippen LogP contribution in [0.4, 0.5) is 0 Å². The van der Waals surface area contributed by atoms with E-state index in [0.29, 0.717) is 35.4 Å². The molecule has 0 saturated carbocycles. The zero-order chi connectivity index (χ0) is 21.9. The minimum atomic E-state index is -0.190. The number of halogens is 2. The molecule has 0 fully saturated rings. The lowest BCUT2D eigenvalue weighted by Crippen LogP contribution is -2.18. The van der Waals surface area contributed by atoms with Crippen molar-refractivity contribution in [3.05, 3.63) is 94.0 Å².